The minimum atomic E-state index is -0.454. The van der Waals surface area contributed by atoms with Crippen LogP contribution < -0.4 is 10.1 Å². The predicted molar refractivity (Wildman–Crippen MR) is 102 cm³/mol. The van der Waals surface area contributed by atoms with Crippen molar-refractivity contribution in [2.24, 2.45) is 0 Å². The summed E-state index contributed by atoms with van der Waals surface area (Å²) in [6.07, 6.45) is 1.53. The van der Waals surface area contributed by atoms with Crippen molar-refractivity contribution in [1.29, 1.82) is 5.26 Å². The van der Waals surface area contributed by atoms with E-state index in [-0.39, 0.29) is 5.57 Å². The molecule has 0 spiro atoms. The summed E-state index contributed by atoms with van der Waals surface area (Å²) in [6.45, 7) is 2.43. The van der Waals surface area contributed by atoms with E-state index in [9.17, 15) is 10.1 Å². The first kappa shape index (κ1) is 18.2. The third-order valence-electron chi connectivity index (χ3n) is 3.02. The number of hydrogen-bond acceptors (Lipinski definition) is 3. The number of nitrogens with one attached hydrogen (secondary N) is 1. The summed E-state index contributed by atoms with van der Waals surface area (Å²) in [5.74, 6) is 0.228. The predicted octanol–water partition coefficient (Wildman–Crippen LogP) is 5.16. The summed E-state index contributed by atoms with van der Waals surface area (Å²) < 4.78 is 7.00. The third kappa shape index (κ3) is 4.70. The molecule has 122 valence electrons. The standard InChI is InChI=1S/C18H14Br2N2O2/c1-2-24-17-15(19)9-12(10-16(17)20)8-13(11-21)18(23)22-14-6-4-3-5-7-14/h3-10H,2H2,1H3,(H,22,23)/b13-8-. The second-order valence-electron chi connectivity index (χ2n) is 4.74. The second-order valence-corrected chi connectivity index (χ2v) is 6.45. The Balaban J connectivity index is 2.27. The summed E-state index contributed by atoms with van der Waals surface area (Å²) in [4.78, 5) is 12.2. The molecule has 0 atom stereocenters. The van der Waals surface area contributed by atoms with Gasteiger partial charge in [-0.15, -0.1) is 0 Å². The van der Waals surface area contributed by atoms with Gasteiger partial charge >= 0.3 is 0 Å². The number of rotatable bonds is 5. The fourth-order valence-electron chi connectivity index (χ4n) is 1.98. The average molecular weight is 450 g/mol. The summed E-state index contributed by atoms with van der Waals surface area (Å²) in [7, 11) is 0. The van der Waals surface area contributed by atoms with Gasteiger partial charge in [0.2, 0.25) is 0 Å². The van der Waals surface area contributed by atoms with E-state index in [2.05, 4.69) is 37.2 Å². The van der Waals surface area contributed by atoms with Gasteiger partial charge in [-0.2, -0.15) is 5.26 Å². The van der Waals surface area contributed by atoms with Crippen molar-refractivity contribution < 1.29 is 9.53 Å². The van der Waals surface area contributed by atoms with Crippen LogP contribution in [-0.2, 0) is 4.79 Å². The van der Waals surface area contributed by atoms with Crippen LogP contribution in [0.2, 0.25) is 0 Å². The highest BCUT2D eigenvalue weighted by molar-refractivity contribution is 9.11. The van der Waals surface area contributed by atoms with E-state index in [4.69, 9.17) is 4.74 Å². The second kappa shape index (κ2) is 8.67. The lowest BCUT2D eigenvalue weighted by atomic mass is 10.1. The Bertz CT molecular complexity index is 789. The van der Waals surface area contributed by atoms with Gasteiger partial charge in [0.15, 0.2) is 0 Å². The van der Waals surface area contributed by atoms with Crippen LogP contribution in [-0.4, -0.2) is 12.5 Å². The van der Waals surface area contributed by atoms with Crippen LogP contribution in [0.1, 0.15) is 12.5 Å². The van der Waals surface area contributed by atoms with Crippen LogP contribution in [0.25, 0.3) is 6.08 Å². The zero-order chi connectivity index (χ0) is 17.5. The Kier molecular flexibility index (Phi) is 6.59. The van der Waals surface area contributed by atoms with Crippen LogP contribution in [0.5, 0.6) is 5.75 Å². The van der Waals surface area contributed by atoms with Gasteiger partial charge in [0, 0.05) is 5.69 Å². The molecule has 0 aliphatic carbocycles. The van der Waals surface area contributed by atoms with Crippen LogP contribution in [0.3, 0.4) is 0 Å². The number of carbonyl (C=O) groups excluding carboxylic acids is 1. The number of nitrogens with zero attached hydrogens (tertiary/aromatic N) is 1. The lowest BCUT2D eigenvalue weighted by Gasteiger charge is -2.09. The summed E-state index contributed by atoms with van der Waals surface area (Å²) in [6, 6.07) is 14.5. The molecule has 0 saturated carbocycles. The molecule has 24 heavy (non-hydrogen) atoms. The highest BCUT2D eigenvalue weighted by Crippen LogP contribution is 2.35. The zero-order valence-electron chi connectivity index (χ0n) is 12.8. The van der Waals surface area contributed by atoms with Gasteiger partial charge in [-0.05, 0) is 74.7 Å². The van der Waals surface area contributed by atoms with Gasteiger partial charge in [0.1, 0.15) is 17.4 Å². The molecule has 2 rings (SSSR count). The van der Waals surface area contributed by atoms with Crippen molar-refractivity contribution in [3.8, 4) is 11.8 Å². The van der Waals surface area contributed by atoms with Gasteiger partial charge in [0.25, 0.3) is 5.91 Å². The molecule has 0 aliphatic heterocycles. The number of carbonyl (C=O) groups is 1. The van der Waals surface area contributed by atoms with E-state index in [1.54, 1.807) is 24.3 Å². The molecule has 0 saturated heterocycles. The minimum Gasteiger partial charge on any atom is -0.492 e. The third-order valence-corrected chi connectivity index (χ3v) is 4.20. The van der Waals surface area contributed by atoms with E-state index >= 15 is 0 Å². The number of para-hydroxylation sites is 1. The fraction of sp³-hybridized carbons (Fsp3) is 0.111. The first-order valence-corrected chi connectivity index (χ1v) is 8.73. The van der Waals surface area contributed by atoms with E-state index < -0.39 is 5.91 Å². The highest BCUT2D eigenvalue weighted by Gasteiger charge is 2.12. The maximum absolute atomic E-state index is 12.2. The molecule has 1 N–H and O–H groups in total. The Hall–Kier alpha value is -2.10. The summed E-state index contributed by atoms with van der Waals surface area (Å²) in [5, 5.41) is 12.0. The Morgan fingerprint density at radius 2 is 1.88 bits per heavy atom. The van der Waals surface area contributed by atoms with E-state index in [1.165, 1.54) is 6.08 Å². The fourth-order valence-corrected chi connectivity index (χ4v) is 3.43. The van der Waals surface area contributed by atoms with Gasteiger partial charge in [0.05, 0.1) is 15.6 Å². The van der Waals surface area contributed by atoms with Crippen LogP contribution >= 0.6 is 31.9 Å². The number of anilines is 1. The largest absolute Gasteiger partial charge is 0.492 e. The van der Waals surface area contributed by atoms with Crippen molar-refractivity contribution in [3.05, 3.63) is 62.5 Å². The number of ether oxygens (including phenoxy) is 1. The van der Waals surface area contributed by atoms with Crippen molar-refractivity contribution in [3.63, 3.8) is 0 Å². The number of hydrogen-bond donors (Lipinski definition) is 1. The monoisotopic (exact) mass is 448 g/mol. The lowest BCUT2D eigenvalue weighted by Crippen LogP contribution is -2.13. The quantitative estimate of drug-likeness (QED) is 0.506. The number of amides is 1. The normalized spacial score (nSPS) is 10.8. The van der Waals surface area contributed by atoms with Crippen LogP contribution in [0.4, 0.5) is 5.69 Å². The molecule has 0 aromatic heterocycles. The van der Waals surface area contributed by atoms with Crippen molar-refractivity contribution in [1.82, 2.24) is 0 Å². The Morgan fingerprint density at radius 3 is 2.42 bits per heavy atom. The first-order valence-electron chi connectivity index (χ1n) is 7.15. The number of halogens is 2. The molecule has 0 radical (unpaired) electrons. The van der Waals surface area contributed by atoms with E-state index in [1.807, 2.05) is 31.2 Å². The topological polar surface area (TPSA) is 62.1 Å². The molecular formula is C18H14Br2N2O2. The zero-order valence-corrected chi connectivity index (χ0v) is 16.0. The first-order chi connectivity index (χ1) is 11.5. The van der Waals surface area contributed by atoms with Crippen molar-refractivity contribution in [2.45, 2.75) is 6.92 Å². The molecule has 0 fully saturated rings. The van der Waals surface area contributed by atoms with Gasteiger partial charge in [-0.25, -0.2) is 0 Å². The summed E-state index contributed by atoms with van der Waals surface area (Å²) in [5.41, 5.74) is 1.36. The number of nitriles is 1. The molecule has 0 unspecified atom stereocenters. The Morgan fingerprint density at radius 1 is 1.25 bits per heavy atom. The maximum Gasteiger partial charge on any atom is 0.266 e. The molecule has 1 amide bonds. The maximum atomic E-state index is 12.2. The van der Waals surface area contributed by atoms with Gasteiger partial charge in [-0.3, -0.25) is 4.79 Å². The molecule has 4 nitrogen and oxygen atoms in total. The van der Waals surface area contributed by atoms with Gasteiger partial charge < -0.3 is 10.1 Å². The smallest absolute Gasteiger partial charge is 0.266 e. The van der Waals surface area contributed by atoms with Crippen LogP contribution in [0, 0.1) is 11.3 Å². The molecule has 2 aromatic carbocycles. The minimum absolute atomic E-state index is 0.0156. The summed E-state index contributed by atoms with van der Waals surface area (Å²) >= 11 is 6.87. The Labute approximate surface area is 157 Å². The van der Waals surface area contributed by atoms with Crippen LogP contribution in [0.15, 0.2) is 57.0 Å². The number of benzene rings is 2. The van der Waals surface area contributed by atoms with E-state index in [0.717, 1.165) is 8.95 Å². The molecule has 6 heteroatoms. The molecule has 0 aliphatic rings. The van der Waals surface area contributed by atoms with Crippen molar-refractivity contribution in [2.75, 3.05) is 11.9 Å². The average Bonchev–Trinajstić information content (AvgIpc) is 2.56. The SMILES string of the molecule is CCOc1c(Br)cc(/C=C(/C#N)C(=O)Nc2ccccc2)cc1Br. The lowest BCUT2D eigenvalue weighted by molar-refractivity contribution is -0.112. The molecule has 0 heterocycles. The van der Waals surface area contributed by atoms with Crippen molar-refractivity contribution >= 4 is 49.5 Å². The molecular weight excluding hydrogens is 436 g/mol. The highest BCUT2D eigenvalue weighted by atomic mass is 79.9. The molecule has 2 aromatic rings. The molecule has 0 bridgehead atoms. The van der Waals surface area contributed by atoms with E-state index in [0.29, 0.717) is 23.6 Å². The van der Waals surface area contributed by atoms with Gasteiger partial charge in [-0.1, -0.05) is 18.2 Å².